The normalized spacial score (nSPS) is 23.0. The average molecular weight is 288 g/mol. The molecule has 3 rings (SSSR count). The van der Waals surface area contributed by atoms with Crippen LogP contribution in [0.1, 0.15) is 25.7 Å². The van der Waals surface area contributed by atoms with Gasteiger partial charge in [-0.05, 0) is 19.3 Å². The predicted molar refractivity (Wildman–Crippen MR) is 78.0 cm³/mol. The lowest BCUT2D eigenvalue weighted by Crippen LogP contribution is -2.29. The fourth-order valence-electron chi connectivity index (χ4n) is 2.92. The molecular weight excluding hydrogens is 268 g/mol. The monoisotopic (exact) mass is 288 g/mol. The van der Waals surface area contributed by atoms with Crippen LogP contribution >= 0.6 is 0 Å². The first-order valence-corrected chi connectivity index (χ1v) is 7.38. The molecule has 6 heteroatoms. The number of nitrogens with zero attached hydrogens (tertiary/aromatic N) is 4. The molecule has 0 amide bonds. The Labute approximate surface area is 123 Å². The van der Waals surface area contributed by atoms with E-state index in [-0.39, 0.29) is 17.1 Å². The Kier molecular flexibility index (Phi) is 3.68. The van der Waals surface area contributed by atoms with Gasteiger partial charge in [-0.15, -0.1) is 0 Å². The van der Waals surface area contributed by atoms with Gasteiger partial charge in [0.25, 0.3) is 5.56 Å². The van der Waals surface area contributed by atoms with Crippen LogP contribution in [0.25, 0.3) is 0 Å². The second-order valence-corrected chi connectivity index (χ2v) is 6.14. The number of anilines is 1. The first-order valence-electron chi connectivity index (χ1n) is 7.38. The number of ether oxygens (including phenoxy) is 1. The van der Waals surface area contributed by atoms with E-state index in [0.29, 0.717) is 13.0 Å². The average Bonchev–Trinajstić information content (AvgIpc) is 3.06. The number of nitriles is 1. The van der Waals surface area contributed by atoms with Crippen LogP contribution in [0.4, 0.5) is 5.69 Å². The van der Waals surface area contributed by atoms with Gasteiger partial charge in [-0.2, -0.15) is 10.4 Å². The summed E-state index contributed by atoms with van der Waals surface area (Å²) in [5.74, 6) is 0. The molecule has 1 aliphatic heterocycles. The van der Waals surface area contributed by atoms with E-state index in [2.05, 4.69) is 16.1 Å². The van der Waals surface area contributed by atoms with Crippen molar-refractivity contribution in [1.82, 2.24) is 9.78 Å². The first-order chi connectivity index (χ1) is 10.2. The van der Waals surface area contributed by atoms with Crippen LogP contribution in [-0.4, -0.2) is 36.1 Å². The smallest absolute Gasteiger partial charge is 0.268 e. The molecule has 1 aromatic heterocycles. The Balaban J connectivity index is 1.72. The molecule has 2 aliphatic rings. The summed E-state index contributed by atoms with van der Waals surface area (Å²) in [7, 11) is 1.72. The summed E-state index contributed by atoms with van der Waals surface area (Å²) in [6.45, 7) is 2.25. The molecule has 2 heterocycles. The Morgan fingerprint density at radius 1 is 1.57 bits per heavy atom. The summed E-state index contributed by atoms with van der Waals surface area (Å²) < 4.78 is 6.84. The van der Waals surface area contributed by atoms with Gasteiger partial charge in [-0.3, -0.25) is 4.79 Å². The molecule has 1 unspecified atom stereocenters. The fourth-order valence-corrected chi connectivity index (χ4v) is 2.92. The molecule has 6 nitrogen and oxygen atoms in total. The number of hydrogen-bond donors (Lipinski definition) is 0. The van der Waals surface area contributed by atoms with E-state index in [1.807, 2.05) is 0 Å². The molecule has 1 saturated heterocycles. The van der Waals surface area contributed by atoms with Gasteiger partial charge in [0.15, 0.2) is 0 Å². The lowest BCUT2D eigenvalue weighted by molar-refractivity contribution is 0.121. The Morgan fingerprint density at radius 2 is 2.38 bits per heavy atom. The minimum Gasteiger partial charge on any atom is -0.380 e. The lowest BCUT2D eigenvalue weighted by Gasteiger charge is -2.19. The summed E-state index contributed by atoms with van der Waals surface area (Å²) in [5.41, 5.74) is 0.764. The van der Waals surface area contributed by atoms with Crippen molar-refractivity contribution in [2.24, 2.45) is 5.41 Å². The van der Waals surface area contributed by atoms with E-state index in [1.54, 1.807) is 19.4 Å². The van der Waals surface area contributed by atoms with E-state index >= 15 is 0 Å². The molecule has 0 radical (unpaired) electrons. The molecule has 2 fully saturated rings. The second kappa shape index (κ2) is 5.49. The van der Waals surface area contributed by atoms with Gasteiger partial charge in [-0.25, -0.2) is 4.68 Å². The Bertz CT molecular complexity index is 615. The maximum atomic E-state index is 12.2. The highest BCUT2D eigenvalue weighted by Crippen LogP contribution is 2.49. The third-order valence-corrected chi connectivity index (χ3v) is 4.59. The molecule has 0 N–H and O–H groups in total. The van der Waals surface area contributed by atoms with Gasteiger partial charge in [-0.1, -0.05) is 0 Å². The van der Waals surface area contributed by atoms with Crippen molar-refractivity contribution in [3.05, 3.63) is 22.6 Å². The molecule has 0 spiro atoms. The zero-order chi connectivity index (χ0) is 14.9. The molecule has 112 valence electrons. The molecular formula is C15H20N4O2. The number of methoxy groups -OCH3 is 1. The molecule has 0 bridgehead atoms. The van der Waals surface area contributed by atoms with E-state index in [1.165, 1.54) is 4.68 Å². The van der Waals surface area contributed by atoms with Crippen LogP contribution in [0.15, 0.2) is 17.1 Å². The largest absolute Gasteiger partial charge is 0.380 e. The van der Waals surface area contributed by atoms with E-state index in [0.717, 1.165) is 38.0 Å². The number of rotatable bonds is 5. The van der Waals surface area contributed by atoms with Gasteiger partial charge >= 0.3 is 0 Å². The Morgan fingerprint density at radius 3 is 2.95 bits per heavy atom. The maximum Gasteiger partial charge on any atom is 0.268 e. The second-order valence-electron chi connectivity index (χ2n) is 6.14. The summed E-state index contributed by atoms with van der Waals surface area (Å²) >= 11 is 0. The van der Waals surface area contributed by atoms with Crippen LogP contribution in [-0.2, 0) is 11.3 Å². The third-order valence-electron chi connectivity index (χ3n) is 4.59. The van der Waals surface area contributed by atoms with Gasteiger partial charge in [0, 0.05) is 38.1 Å². The van der Waals surface area contributed by atoms with Crippen LogP contribution in [0.3, 0.4) is 0 Å². The molecule has 1 aliphatic carbocycles. The molecule has 0 aromatic carbocycles. The van der Waals surface area contributed by atoms with E-state index in [4.69, 9.17) is 10.00 Å². The summed E-state index contributed by atoms with van der Waals surface area (Å²) in [6, 6.07) is 3.86. The summed E-state index contributed by atoms with van der Waals surface area (Å²) in [5, 5.41) is 13.1. The topological polar surface area (TPSA) is 71.2 Å². The minimum atomic E-state index is -0.0856. The van der Waals surface area contributed by atoms with Crippen LogP contribution in [0.2, 0.25) is 0 Å². The van der Waals surface area contributed by atoms with Crippen molar-refractivity contribution in [2.75, 3.05) is 25.1 Å². The summed E-state index contributed by atoms with van der Waals surface area (Å²) in [6.07, 6.45) is 5.49. The lowest BCUT2D eigenvalue weighted by atomic mass is 10.0. The highest BCUT2D eigenvalue weighted by molar-refractivity contribution is 5.44. The maximum absolute atomic E-state index is 12.2. The van der Waals surface area contributed by atoms with Crippen molar-refractivity contribution < 1.29 is 4.74 Å². The van der Waals surface area contributed by atoms with Gasteiger partial charge < -0.3 is 9.64 Å². The standard InChI is InChI=1S/C15H20N4O2/c1-21-13-2-7-18(10-13)12-8-14(20)19(17-9-12)11-15(3-4-15)5-6-16/h8-9,13H,2-5,7,10-11H2,1H3. The molecule has 1 aromatic rings. The van der Waals surface area contributed by atoms with Crippen molar-refractivity contribution in [3.63, 3.8) is 0 Å². The van der Waals surface area contributed by atoms with E-state index in [9.17, 15) is 4.79 Å². The van der Waals surface area contributed by atoms with Crippen molar-refractivity contribution in [1.29, 1.82) is 5.26 Å². The fraction of sp³-hybridized carbons (Fsp3) is 0.667. The molecule has 1 saturated carbocycles. The Hall–Kier alpha value is -1.87. The zero-order valence-corrected chi connectivity index (χ0v) is 12.3. The minimum absolute atomic E-state index is 0.0120. The van der Waals surface area contributed by atoms with Crippen molar-refractivity contribution in [2.45, 2.75) is 38.3 Å². The zero-order valence-electron chi connectivity index (χ0n) is 12.3. The van der Waals surface area contributed by atoms with Crippen LogP contribution in [0.5, 0.6) is 0 Å². The number of hydrogen-bond acceptors (Lipinski definition) is 5. The highest BCUT2D eigenvalue weighted by Gasteiger charge is 2.43. The highest BCUT2D eigenvalue weighted by atomic mass is 16.5. The molecule has 1 atom stereocenters. The number of aromatic nitrogens is 2. The van der Waals surface area contributed by atoms with Crippen molar-refractivity contribution in [3.8, 4) is 6.07 Å². The van der Waals surface area contributed by atoms with E-state index < -0.39 is 0 Å². The molecule has 21 heavy (non-hydrogen) atoms. The van der Waals surface area contributed by atoms with Crippen molar-refractivity contribution >= 4 is 5.69 Å². The predicted octanol–water partition coefficient (Wildman–Crippen LogP) is 1.16. The SMILES string of the molecule is COC1CCN(c2cnn(CC3(CC#N)CC3)c(=O)c2)C1. The summed E-state index contributed by atoms with van der Waals surface area (Å²) in [4.78, 5) is 14.4. The first kappa shape index (κ1) is 14.1. The van der Waals surface area contributed by atoms with Gasteiger partial charge in [0.2, 0.25) is 0 Å². The van der Waals surface area contributed by atoms with Gasteiger partial charge in [0.1, 0.15) is 0 Å². The van der Waals surface area contributed by atoms with Crippen LogP contribution in [0, 0.1) is 16.7 Å². The van der Waals surface area contributed by atoms with Crippen LogP contribution < -0.4 is 10.5 Å². The third kappa shape index (κ3) is 2.93. The van der Waals surface area contributed by atoms with Gasteiger partial charge in [0.05, 0.1) is 30.6 Å². The quantitative estimate of drug-likeness (QED) is 0.813.